The average Bonchev–Trinajstić information content (AvgIpc) is 3.07. The van der Waals surface area contributed by atoms with E-state index >= 15 is 0 Å². The molecule has 0 fully saturated rings. The Balaban J connectivity index is 1.51. The van der Waals surface area contributed by atoms with Gasteiger partial charge in [0, 0.05) is 11.1 Å². The van der Waals surface area contributed by atoms with E-state index in [0.717, 1.165) is 11.3 Å². The smallest absolute Gasteiger partial charge is 0.344 e. The lowest BCUT2D eigenvalue weighted by Gasteiger charge is -2.07. The van der Waals surface area contributed by atoms with Gasteiger partial charge in [-0.25, -0.2) is 9.18 Å². The Kier molecular flexibility index (Phi) is 6.26. The van der Waals surface area contributed by atoms with Crippen molar-refractivity contribution in [1.29, 1.82) is 0 Å². The van der Waals surface area contributed by atoms with E-state index in [1.807, 2.05) is 6.92 Å². The molecule has 0 atom stereocenters. The van der Waals surface area contributed by atoms with Gasteiger partial charge in [0.2, 0.25) is 0 Å². The van der Waals surface area contributed by atoms with Crippen molar-refractivity contribution in [3.63, 3.8) is 0 Å². The van der Waals surface area contributed by atoms with Crippen LogP contribution in [0.15, 0.2) is 53.1 Å². The summed E-state index contributed by atoms with van der Waals surface area (Å²) in [6.45, 7) is 4.02. The Hall–Kier alpha value is -3.35. The van der Waals surface area contributed by atoms with Crippen LogP contribution in [0.3, 0.4) is 0 Å². The molecule has 0 N–H and O–H groups in total. The third-order valence-corrected chi connectivity index (χ3v) is 3.99. The van der Waals surface area contributed by atoms with E-state index in [4.69, 9.17) is 18.7 Å². The van der Waals surface area contributed by atoms with Crippen molar-refractivity contribution in [1.82, 2.24) is 5.16 Å². The molecule has 3 aromatic rings. The van der Waals surface area contributed by atoms with Gasteiger partial charge in [-0.1, -0.05) is 5.16 Å². The molecule has 0 aliphatic rings. The molecular weight excluding hydrogens is 365 g/mol. The lowest BCUT2D eigenvalue weighted by Crippen LogP contribution is -2.15. The van der Waals surface area contributed by atoms with Gasteiger partial charge in [0.05, 0.1) is 6.61 Å². The number of esters is 1. The normalized spacial score (nSPS) is 10.5. The molecule has 0 aliphatic heterocycles. The minimum atomic E-state index is -0.528. The van der Waals surface area contributed by atoms with Crippen LogP contribution < -0.4 is 9.47 Å². The van der Waals surface area contributed by atoms with E-state index in [-0.39, 0.29) is 19.0 Å². The zero-order valence-electron chi connectivity index (χ0n) is 15.6. The second-order valence-electron chi connectivity index (χ2n) is 5.94. The van der Waals surface area contributed by atoms with Crippen molar-refractivity contribution in [2.45, 2.75) is 20.5 Å². The highest BCUT2D eigenvalue weighted by Crippen LogP contribution is 2.26. The maximum absolute atomic E-state index is 13.0. The molecule has 3 rings (SSSR count). The van der Waals surface area contributed by atoms with Gasteiger partial charge in [-0.05, 0) is 62.4 Å². The summed E-state index contributed by atoms with van der Waals surface area (Å²) < 4.78 is 34.3. The molecule has 0 bridgehead atoms. The molecule has 0 amide bonds. The molecule has 0 aliphatic carbocycles. The van der Waals surface area contributed by atoms with E-state index < -0.39 is 5.97 Å². The highest BCUT2D eigenvalue weighted by atomic mass is 19.1. The summed E-state index contributed by atoms with van der Waals surface area (Å²) >= 11 is 0. The van der Waals surface area contributed by atoms with Crippen LogP contribution in [0, 0.1) is 12.7 Å². The molecule has 7 heteroatoms. The van der Waals surface area contributed by atoms with Crippen LogP contribution in [0.25, 0.3) is 11.3 Å². The fraction of sp³-hybridized carbons (Fsp3) is 0.238. The van der Waals surface area contributed by atoms with Crippen molar-refractivity contribution in [3.8, 4) is 22.8 Å². The first kappa shape index (κ1) is 19.4. The quantitative estimate of drug-likeness (QED) is 0.538. The second kappa shape index (κ2) is 9.03. The van der Waals surface area contributed by atoms with Crippen molar-refractivity contribution in [3.05, 3.63) is 65.6 Å². The van der Waals surface area contributed by atoms with Crippen LogP contribution in [0.1, 0.15) is 18.2 Å². The van der Waals surface area contributed by atoms with Crippen LogP contribution in [-0.4, -0.2) is 24.3 Å². The van der Waals surface area contributed by atoms with Crippen LogP contribution >= 0.6 is 0 Å². The van der Waals surface area contributed by atoms with Crippen LogP contribution in [0.2, 0.25) is 0 Å². The van der Waals surface area contributed by atoms with Gasteiger partial charge < -0.3 is 18.7 Å². The zero-order valence-corrected chi connectivity index (χ0v) is 15.6. The molecule has 0 spiro atoms. The van der Waals surface area contributed by atoms with Crippen LogP contribution in [0.5, 0.6) is 11.5 Å². The predicted molar refractivity (Wildman–Crippen MR) is 99.5 cm³/mol. The molecule has 2 aromatic carbocycles. The summed E-state index contributed by atoms with van der Waals surface area (Å²) in [6, 6.07) is 12.8. The maximum atomic E-state index is 13.0. The number of rotatable bonds is 8. The fourth-order valence-corrected chi connectivity index (χ4v) is 2.51. The summed E-state index contributed by atoms with van der Waals surface area (Å²) in [6.07, 6.45) is 0. The molecule has 0 saturated carbocycles. The summed E-state index contributed by atoms with van der Waals surface area (Å²) in [5.74, 6) is 0.923. The third-order valence-electron chi connectivity index (χ3n) is 3.99. The van der Waals surface area contributed by atoms with E-state index in [1.54, 1.807) is 43.3 Å². The Morgan fingerprint density at radius 1 is 1.04 bits per heavy atom. The molecule has 146 valence electrons. The molecule has 28 heavy (non-hydrogen) atoms. The number of carbonyl (C=O) groups excluding carboxylic acids is 1. The van der Waals surface area contributed by atoms with Gasteiger partial charge in [0.25, 0.3) is 0 Å². The highest BCUT2D eigenvalue weighted by Gasteiger charge is 2.15. The molecule has 0 radical (unpaired) electrons. The molecule has 0 unspecified atom stereocenters. The van der Waals surface area contributed by atoms with Crippen LogP contribution in [-0.2, 0) is 16.1 Å². The Morgan fingerprint density at radius 2 is 1.68 bits per heavy atom. The lowest BCUT2D eigenvalue weighted by molar-refractivity contribution is -0.147. The van der Waals surface area contributed by atoms with Gasteiger partial charge in [-0.15, -0.1) is 0 Å². The number of hydrogen-bond donors (Lipinski definition) is 0. The van der Waals surface area contributed by atoms with Gasteiger partial charge in [-0.3, -0.25) is 0 Å². The number of ether oxygens (including phenoxy) is 3. The molecule has 6 nitrogen and oxygen atoms in total. The second-order valence-corrected chi connectivity index (χ2v) is 5.94. The van der Waals surface area contributed by atoms with Crippen molar-refractivity contribution >= 4 is 5.97 Å². The maximum Gasteiger partial charge on any atom is 0.344 e. The number of aromatic nitrogens is 1. The minimum absolute atomic E-state index is 0.0397. The first-order chi connectivity index (χ1) is 13.6. The fourth-order valence-electron chi connectivity index (χ4n) is 2.51. The van der Waals surface area contributed by atoms with Crippen LogP contribution in [0.4, 0.5) is 4.39 Å². The zero-order chi connectivity index (χ0) is 19.9. The van der Waals surface area contributed by atoms with Gasteiger partial charge >= 0.3 is 5.97 Å². The topological polar surface area (TPSA) is 70.8 Å². The number of halogens is 1. The van der Waals surface area contributed by atoms with Gasteiger partial charge in [0.1, 0.15) is 29.6 Å². The van der Waals surface area contributed by atoms with Crippen molar-refractivity contribution in [2.75, 3.05) is 13.2 Å². The predicted octanol–water partition coefficient (Wildman–Crippen LogP) is 4.31. The molecular formula is C21H20FNO5. The summed E-state index contributed by atoms with van der Waals surface area (Å²) in [7, 11) is 0. The SMILES string of the molecule is CCOc1ccc(OCC(=O)OCc2noc(-c3ccc(F)cc3)c2C)cc1. The third kappa shape index (κ3) is 4.88. The number of hydrogen-bond acceptors (Lipinski definition) is 6. The summed E-state index contributed by atoms with van der Waals surface area (Å²) in [5.41, 5.74) is 1.92. The number of nitrogens with zero attached hydrogens (tertiary/aromatic N) is 1. The van der Waals surface area contributed by atoms with E-state index in [2.05, 4.69) is 5.16 Å². The van der Waals surface area contributed by atoms with Crippen molar-refractivity contribution < 1.29 is 27.9 Å². The standard InChI is InChI=1S/C21H20FNO5/c1-3-25-17-8-10-18(11-9-17)26-13-20(24)27-12-19-14(2)21(28-23-19)15-4-6-16(22)7-5-15/h4-11H,3,12-13H2,1-2H3. The van der Waals surface area contributed by atoms with Gasteiger partial charge in [-0.2, -0.15) is 0 Å². The Bertz CT molecular complexity index is 919. The minimum Gasteiger partial charge on any atom is -0.494 e. The molecule has 1 aromatic heterocycles. The number of benzene rings is 2. The first-order valence-corrected chi connectivity index (χ1v) is 8.79. The largest absolute Gasteiger partial charge is 0.494 e. The summed E-state index contributed by atoms with van der Waals surface area (Å²) in [5, 5.41) is 3.93. The van der Waals surface area contributed by atoms with E-state index in [9.17, 15) is 9.18 Å². The monoisotopic (exact) mass is 385 g/mol. The highest BCUT2D eigenvalue weighted by molar-refractivity contribution is 5.71. The molecule has 0 saturated heterocycles. The van der Waals surface area contributed by atoms with E-state index in [1.165, 1.54) is 12.1 Å². The molecule has 1 heterocycles. The Labute approximate surface area is 161 Å². The first-order valence-electron chi connectivity index (χ1n) is 8.79. The Morgan fingerprint density at radius 3 is 2.32 bits per heavy atom. The van der Waals surface area contributed by atoms with E-state index in [0.29, 0.717) is 29.4 Å². The average molecular weight is 385 g/mol. The summed E-state index contributed by atoms with van der Waals surface area (Å²) in [4.78, 5) is 11.9. The lowest BCUT2D eigenvalue weighted by atomic mass is 10.1. The number of carbonyl (C=O) groups is 1. The van der Waals surface area contributed by atoms with Crippen molar-refractivity contribution in [2.24, 2.45) is 0 Å². The van der Waals surface area contributed by atoms with Gasteiger partial charge in [0.15, 0.2) is 12.4 Å².